The lowest BCUT2D eigenvalue weighted by atomic mass is 9.87. The van der Waals surface area contributed by atoms with Crippen LogP contribution in [0.4, 0.5) is 0 Å². The van der Waals surface area contributed by atoms with Crippen molar-refractivity contribution in [1.29, 1.82) is 0 Å². The highest BCUT2D eigenvalue weighted by molar-refractivity contribution is 6.07. The Bertz CT molecular complexity index is 1080. The lowest BCUT2D eigenvalue weighted by Gasteiger charge is -2.17. The lowest BCUT2D eigenvalue weighted by molar-refractivity contribution is 0.875. The molecular formula is C28H32. The Morgan fingerprint density at radius 2 is 0.893 bits per heavy atom. The molecule has 4 rings (SSSR count). The quantitative estimate of drug-likeness (QED) is 0.317. The van der Waals surface area contributed by atoms with Crippen molar-refractivity contribution in [1.82, 2.24) is 0 Å². The van der Waals surface area contributed by atoms with Gasteiger partial charge >= 0.3 is 0 Å². The van der Waals surface area contributed by atoms with Crippen molar-refractivity contribution >= 4 is 32.3 Å². The Morgan fingerprint density at radius 1 is 0.536 bits per heavy atom. The highest BCUT2D eigenvalue weighted by atomic mass is 14.2. The first-order valence-electron chi connectivity index (χ1n) is 10.9. The molecule has 28 heavy (non-hydrogen) atoms. The van der Waals surface area contributed by atoms with Crippen LogP contribution in [0.3, 0.4) is 0 Å². The smallest absolute Gasteiger partial charge is 0.0140 e. The fraction of sp³-hybridized carbons (Fsp3) is 0.357. The molecule has 0 heteroatoms. The summed E-state index contributed by atoms with van der Waals surface area (Å²) in [5.74, 6) is 1.06. The minimum Gasteiger partial charge on any atom is -0.0613 e. The molecule has 0 spiro atoms. The second-order valence-electron chi connectivity index (χ2n) is 8.79. The van der Waals surface area contributed by atoms with Gasteiger partial charge in [-0.2, -0.15) is 0 Å². The maximum atomic E-state index is 2.45. The van der Waals surface area contributed by atoms with Crippen LogP contribution < -0.4 is 0 Å². The first-order valence-corrected chi connectivity index (χ1v) is 10.9. The van der Waals surface area contributed by atoms with Gasteiger partial charge in [-0.15, -0.1) is 0 Å². The van der Waals surface area contributed by atoms with Crippen molar-refractivity contribution in [2.75, 3.05) is 0 Å². The molecule has 0 aliphatic rings. The monoisotopic (exact) mass is 368 g/mol. The van der Waals surface area contributed by atoms with E-state index in [0.717, 1.165) is 12.8 Å². The second kappa shape index (κ2) is 7.24. The molecule has 0 bridgehead atoms. The molecule has 0 aliphatic heterocycles. The van der Waals surface area contributed by atoms with E-state index in [0.29, 0.717) is 11.8 Å². The standard InChI is InChI=1S/C28H32/c1-7-19-9-11-23(17(3)4)27-15-22-16-28-24(18(5)6)12-10-20(8-2)26(28)14-21(22)13-25(19)27/h9-18H,7-8H2,1-6H3. The van der Waals surface area contributed by atoms with E-state index in [4.69, 9.17) is 0 Å². The van der Waals surface area contributed by atoms with Crippen LogP contribution in [0.1, 0.15) is 75.6 Å². The summed E-state index contributed by atoms with van der Waals surface area (Å²) in [7, 11) is 0. The van der Waals surface area contributed by atoms with E-state index >= 15 is 0 Å². The van der Waals surface area contributed by atoms with Crippen molar-refractivity contribution in [2.45, 2.75) is 66.2 Å². The van der Waals surface area contributed by atoms with Gasteiger partial charge in [-0.25, -0.2) is 0 Å². The minimum atomic E-state index is 0.532. The summed E-state index contributed by atoms with van der Waals surface area (Å²) >= 11 is 0. The third-order valence-electron chi connectivity index (χ3n) is 6.36. The first-order chi connectivity index (χ1) is 13.4. The number of rotatable bonds is 4. The fourth-order valence-corrected chi connectivity index (χ4v) is 4.72. The van der Waals surface area contributed by atoms with Gasteiger partial charge in [0.05, 0.1) is 0 Å². The van der Waals surface area contributed by atoms with Gasteiger partial charge in [-0.1, -0.05) is 65.8 Å². The van der Waals surface area contributed by atoms with Crippen molar-refractivity contribution in [3.63, 3.8) is 0 Å². The van der Waals surface area contributed by atoms with E-state index in [1.165, 1.54) is 54.6 Å². The van der Waals surface area contributed by atoms with Crippen LogP contribution in [0.5, 0.6) is 0 Å². The van der Waals surface area contributed by atoms with Gasteiger partial charge in [0.15, 0.2) is 0 Å². The number of hydrogen-bond donors (Lipinski definition) is 0. The molecule has 0 atom stereocenters. The van der Waals surface area contributed by atoms with Crippen LogP contribution in [0.25, 0.3) is 32.3 Å². The van der Waals surface area contributed by atoms with Gasteiger partial charge in [0.1, 0.15) is 0 Å². The molecule has 0 amide bonds. The van der Waals surface area contributed by atoms with Crippen LogP contribution in [0.2, 0.25) is 0 Å². The molecule has 0 nitrogen and oxygen atoms in total. The topological polar surface area (TPSA) is 0 Å². The van der Waals surface area contributed by atoms with Gasteiger partial charge < -0.3 is 0 Å². The van der Waals surface area contributed by atoms with Crippen molar-refractivity contribution in [3.8, 4) is 0 Å². The summed E-state index contributed by atoms with van der Waals surface area (Å²) in [5.41, 5.74) is 5.82. The Kier molecular flexibility index (Phi) is 4.91. The zero-order valence-electron chi connectivity index (χ0n) is 18.2. The van der Waals surface area contributed by atoms with Gasteiger partial charge in [0.25, 0.3) is 0 Å². The van der Waals surface area contributed by atoms with Gasteiger partial charge in [-0.05, 0) is 104 Å². The van der Waals surface area contributed by atoms with Crippen molar-refractivity contribution in [2.24, 2.45) is 0 Å². The molecule has 4 aromatic carbocycles. The third-order valence-corrected chi connectivity index (χ3v) is 6.36. The van der Waals surface area contributed by atoms with Crippen molar-refractivity contribution < 1.29 is 0 Å². The molecule has 0 heterocycles. The molecule has 0 aromatic heterocycles. The predicted molar refractivity (Wildman–Crippen MR) is 126 cm³/mol. The molecule has 0 unspecified atom stereocenters. The van der Waals surface area contributed by atoms with Crippen LogP contribution in [0.15, 0.2) is 48.5 Å². The maximum absolute atomic E-state index is 2.45. The van der Waals surface area contributed by atoms with Crippen LogP contribution >= 0.6 is 0 Å². The van der Waals surface area contributed by atoms with Gasteiger partial charge in [-0.3, -0.25) is 0 Å². The molecular weight excluding hydrogens is 336 g/mol. The molecule has 0 radical (unpaired) electrons. The summed E-state index contributed by atoms with van der Waals surface area (Å²) in [6, 6.07) is 19.1. The Hall–Kier alpha value is -2.34. The average molecular weight is 369 g/mol. The zero-order chi connectivity index (χ0) is 20.0. The molecule has 4 aromatic rings. The summed E-state index contributed by atoms with van der Waals surface area (Å²) < 4.78 is 0. The zero-order valence-corrected chi connectivity index (χ0v) is 18.2. The van der Waals surface area contributed by atoms with E-state index in [1.54, 1.807) is 0 Å². The highest BCUT2D eigenvalue weighted by Gasteiger charge is 2.13. The van der Waals surface area contributed by atoms with Gasteiger partial charge in [0, 0.05) is 0 Å². The average Bonchev–Trinajstić information content (AvgIpc) is 2.68. The molecule has 0 saturated heterocycles. The summed E-state index contributed by atoms with van der Waals surface area (Å²) in [5, 5.41) is 8.45. The summed E-state index contributed by atoms with van der Waals surface area (Å²) in [6.07, 6.45) is 2.15. The largest absolute Gasteiger partial charge is 0.0613 e. The van der Waals surface area contributed by atoms with Crippen LogP contribution in [-0.4, -0.2) is 0 Å². The Morgan fingerprint density at radius 3 is 1.21 bits per heavy atom. The van der Waals surface area contributed by atoms with Gasteiger partial charge in [0.2, 0.25) is 0 Å². The summed E-state index contributed by atoms with van der Waals surface area (Å²) in [6.45, 7) is 13.7. The molecule has 144 valence electrons. The van der Waals surface area contributed by atoms with Crippen molar-refractivity contribution in [3.05, 3.63) is 70.8 Å². The maximum Gasteiger partial charge on any atom is -0.0140 e. The fourth-order valence-electron chi connectivity index (χ4n) is 4.72. The first kappa shape index (κ1) is 19.0. The highest BCUT2D eigenvalue weighted by Crippen LogP contribution is 2.36. The number of aryl methyl sites for hydroxylation is 2. The molecule has 0 fully saturated rings. The van der Waals surface area contributed by atoms with E-state index < -0.39 is 0 Å². The number of benzene rings is 4. The third kappa shape index (κ3) is 3.00. The SMILES string of the molecule is CCc1ccc(C(C)C)c2cc3cc4c(C(C)C)ccc(CC)c4cc3cc12. The molecule has 0 N–H and O–H groups in total. The molecule has 0 aliphatic carbocycles. The lowest BCUT2D eigenvalue weighted by Crippen LogP contribution is -1.95. The number of fused-ring (bicyclic) bond motifs is 3. The van der Waals surface area contributed by atoms with Crippen LogP contribution in [0, 0.1) is 0 Å². The van der Waals surface area contributed by atoms with E-state index in [1.807, 2.05) is 0 Å². The van der Waals surface area contributed by atoms with Crippen LogP contribution in [-0.2, 0) is 12.8 Å². The Balaban J connectivity index is 2.15. The summed E-state index contributed by atoms with van der Waals surface area (Å²) in [4.78, 5) is 0. The minimum absolute atomic E-state index is 0.532. The van der Waals surface area contributed by atoms with E-state index in [-0.39, 0.29) is 0 Å². The van der Waals surface area contributed by atoms with E-state index in [9.17, 15) is 0 Å². The van der Waals surface area contributed by atoms with E-state index in [2.05, 4.69) is 90.1 Å². The normalized spacial score (nSPS) is 12.1. The second-order valence-corrected chi connectivity index (χ2v) is 8.79. The number of hydrogen-bond acceptors (Lipinski definition) is 0. The molecule has 0 saturated carbocycles. The predicted octanol–water partition coefficient (Wildman–Crippen LogP) is 8.52. The Labute approximate surface area is 169 Å².